The van der Waals surface area contributed by atoms with Crippen LogP contribution >= 0.6 is 27.3 Å². The van der Waals surface area contributed by atoms with Crippen molar-refractivity contribution >= 4 is 45.2 Å². The van der Waals surface area contributed by atoms with E-state index >= 15 is 0 Å². The Balaban J connectivity index is 1.56. The number of methoxy groups -OCH3 is 1. The number of ether oxygens (including phenoxy) is 2. The number of nitrogens with zero attached hydrogens (tertiary/aromatic N) is 2. The van der Waals surface area contributed by atoms with Gasteiger partial charge in [-0.2, -0.15) is 5.10 Å². The summed E-state index contributed by atoms with van der Waals surface area (Å²) in [7, 11) is 1.49. The molecule has 0 fully saturated rings. The number of thiophene rings is 1. The summed E-state index contributed by atoms with van der Waals surface area (Å²) < 4.78 is 12.0. The molecule has 8 heteroatoms. The van der Waals surface area contributed by atoms with Crippen LogP contribution in [0.1, 0.15) is 33.3 Å². The molecule has 0 saturated heterocycles. The number of aldehydes is 1. The van der Waals surface area contributed by atoms with Crippen molar-refractivity contribution in [2.75, 3.05) is 13.7 Å². The standard InChI is InChI=1S/C23H19BrN2O4S/c1-29-21-10-15(13-27)7-8-20(21)30-14-23(28)26-19(22-6-3-9-31-22)12-18(25-26)16-4-2-5-17(24)11-16/h2-11,13,19H,12,14H2,1H3. The van der Waals surface area contributed by atoms with Crippen LogP contribution in [-0.4, -0.2) is 36.6 Å². The molecule has 1 aliphatic rings. The summed E-state index contributed by atoms with van der Waals surface area (Å²) in [5, 5.41) is 8.15. The highest BCUT2D eigenvalue weighted by atomic mass is 79.9. The Kier molecular flexibility index (Phi) is 6.48. The molecular formula is C23H19BrN2O4S. The third kappa shape index (κ3) is 4.70. The molecule has 2 aromatic carbocycles. The lowest BCUT2D eigenvalue weighted by Gasteiger charge is -2.21. The van der Waals surface area contributed by atoms with Gasteiger partial charge in [-0.15, -0.1) is 11.3 Å². The van der Waals surface area contributed by atoms with Crippen molar-refractivity contribution in [1.29, 1.82) is 0 Å². The van der Waals surface area contributed by atoms with Crippen molar-refractivity contribution in [3.8, 4) is 11.5 Å². The average Bonchev–Trinajstić information content (AvgIpc) is 3.47. The maximum absolute atomic E-state index is 13.1. The lowest BCUT2D eigenvalue weighted by atomic mass is 10.0. The molecule has 31 heavy (non-hydrogen) atoms. The Morgan fingerprint density at radius 1 is 1.23 bits per heavy atom. The monoisotopic (exact) mass is 498 g/mol. The van der Waals surface area contributed by atoms with Gasteiger partial charge in [0.25, 0.3) is 5.91 Å². The lowest BCUT2D eigenvalue weighted by Crippen LogP contribution is -2.31. The summed E-state index contributed by atoms with van der Waals surface area (Å²) in [6.45, 7) is -0.200. The van der Waals surface area contributed by atoms with Gasteiger partial charge in [0.05, 0.1) is 18.9 Å². The fourth-order valence-corrected chi connectivity index (χ4v) is 4.58. The number of rotatable bonds is 7. The lowest BCUT2D eigenvalue weighted by molar-refractivity contribution is -0.135. The Morgan fingerprint density at radius 2 is 2.10 bits per heavy atom. The van der Waals surface area contributed by atoms with E-state index in [1.165, 1.54) is 12.1 Å². The average molecular weight is 499 g/mol. The molecule has 1 unspecified atom stereocenters. The first kappa shape index (κ1) is 21.3. The molecule has 4 rings (SSSR count). The fourth-order valence-electron chi connectivity index (χ4n) is 3.37. The van der Waals surface area contributed by atoms with Gasteiger partial charge >= 0.3 is 0 Å². The summed E-state index contributed by atoms with van der Waals surface area (Å²) >= 11 is 5.09. The third-order valence-electron chi connectivity index (χ3n) is 4.87. The van der Waals surface area contributed by atoms with Crippen LogP contribution < -0.4 is 9.47 Å². The SMILES string of the molecule is COc1cc(C=O)ccc1OCC(=O)N1N=C(c2cccc(Br)c2)CC1c1cccs1. The van der Waals surface area contributed by atoms with E-state index in [0.717, 1.165) is 26.9 Å². The van der Waals surface area contributed by atoms with Crippen molar-refractivity contribution in [3.63, 3.8) is 0 Å². The molecule has 1 atom stereocenters. The van der Waals surface area contributed by atoms with Crippen LogP contribution in [-0.2, 0) is 4.79 Å². The van der Waals surface area contributed by atoms with Crippen LogP contribution in [0.5, 0.6) is 11.5 Å². The number of benzene rings is 2. The number of amides is 1. The van der Waals surface area contributed by atoms with E-state index in [1.54, 1.807) is 29.5 Å². The number of carbonyl (C=O) groups excluding carboxylic acids is 2. The highest BCUT2D eigenvalue weighted by Gasteiger charge is 2.34. The van der Waals surface area contributed by atoms with E-state index < -0.39 is 0 Å². The second-order valence-corrected chi connectivity index (χ2v) is 8.74. The van der Waals surface area contributed by atoms with Gasteiger partial charge in [-0.25, -0.2) is 5.01 Å². The maximum atomic E-state index is 13.1. The van der Waals surface area contributed by atoms with Crippen LogP contribution in [0.3, 0.4) is 0 Å². The first-order chi connectivity index (χ1) is 15.1. The molecule has 0 bridgehead atoms. The van der Waals surface area contributed by atoms with Crippen LogP contribution in [0.2, 0.25) is 0 Å². The Labute approximate surface area is 192 Å². The third-order valence-corrected chi connectivity index (χ3v) is 6.34. The van der Waals surface area contributed by atoms with Gasteiger partial charge in [-0.05, 0) is 47.3 Å². The minimum absolute atomic E-state index is 0.176. The van der Waals surface area contributed by atoms with Crippen molar-refractivity contribution < 1.29 is 19.1 Å². The van der Waals surface area contributed by atoms with Gasteiger partial charge in [0.1, 0.15) is 6.29 Å². The van der Waals surface area contributed by atoms with Gasteiger partial charge in [-0.3, -0.25) is 9.59 Å². The predicted molar refractivity (Wildman–Crippen MR) is 123 cm³/mol. The molecule has 0 aliphatic carbocycles. The molecule has 158 valence electrons. The number of carbonyl (C=O) groups is 2. The summed E-state index contributed by atoms with van der Waals surface area (Å²) in [6, 6.07) is 16.5. The number of halogens is 1. The van der Waals surface area contributed by atoms with Crippen LogP contribution in [0.4, 0.5) is 0 Å². The predicted octanol–water partition coefficient (Wildman–Crippen LogP) is 5.09. The number of hydrogen-bond acceptors (Lipinski definition) is 6. The van der Waals surface area contributed by atoms with Gasteiger partial charge in [0, 0.05) is 21.3 Å². The van der Waals surface area contributed by atoms with Crippen molar-refractivity contribution in [2.24, 2.45) is 5.10 Å². The van der Waals surface area contributed by atoms with Crippen LogP contribution in [0, 0.1) is 0 Å². The first-order valence-electron chi connectivity index (χ1n) is 9.54. The van der Waals surface area contributed by atoms with Crippen LogP contribution in [0.25, 0.3) is 0 Å². The molecule has 0 N–H and O–H groups in total. The minimum atomic E-state index is -0.259. The summed E-state index contributed by atoms with van der Waals surface area (Å²) in [6.07, 6.45) is 1.35. The fraction of sp³-hybridized carbons (Fsp3) is 0.174. The van der Waals surface area contributed by atoms with Crippen molar-refractivity contribution in [1.82, 2.24) is 5.01 Å². The topological polar surface area (TPSA) is 68.2 Å². The molecule has 0 saturated carbocycles. The summed E-state index contributed by atoms with van der Waals surface area (Å²) in [4.78, 5) is 25.1. The number of hydrogen-bond donors (Lipinski definition) is 0. The Bertz CT molecular complexity index is 1130. The summed E-state index contributed by atoms with van der Waals surface area (Å²) in [5.41, 5.74) is 2.29. The van der Waals surface area contributed by atoms with Gasteiger partial charge in [0.15, 0.2) is 18.1 Å². The van der Waals surface area contributed by atoms with Gasteiger partial charge in [0.2, 0.25) is 0 Å². The molecule has 6 nitrogen and oxygen atoms in total. The quantitative estimate of drug-likeness (QED) is 0.425. The van der Waals surface area contributed by atoms with E-state index in [0.29, 0.717) is 23.5 Å². The zero-order valence-corrected chi connectivity index (χ0v) is 19.1. The zero-order chi connectivity index (χ0) is 21.8. The van der Waals surface area contributed by atoms with Crippen molar-refractivity contribution in [2.45, 2.75) is 12.5 Å². The molecule has 0 spiro atoms. The maximum Gasteiger partial charge on any atom is 0.281 e. The van der Waals surface area contributed by atoms with Gasteiger partial charge < -0.3 is 9.47 Å². The highest BCUT2D eigenvalue weighted by Crippen LogP contribution is 2.36. The highest BCUT2D eigenvalue weighted by molar-refractivity contribution is 9.10. The molecule has 1 aliphatic heterocycles. The molecular weight excluding hydrogens is 480 g/mol. The normalized spacial score (nSPS) is 15.5. The minimum Gasteiger partial charge on any atom is -0.493 e. The van der Waals surface area contributed by atoms with Gasteiger partial charge in [-0.1, -0.05) is 34.1 Å². The number of hydrazone groups is 1. The largest absolute Gasteiger partial charge is 0.493 e. The van der Waals surface area contributed by atoms with E-state index in [4.69, 9.17) is 9.47 Å². The van der Waals surface area contributed by atoms with E-state index in [-0.39, 0.29) is 18.6 Å². The van der Waals surface area contributed by atoms with E-state index in [9.17, 15) is 9.59 Å². The molecule has 1 aromatic heterocycles. The Hall–Kier alpha value is -2.97. The first-order valence-corrected chi connectivity index (χ1v) is 11.2. The zero-order valence-electron chi connectivity index (χ0n) is 16.7. The van der Waals surface area contributed by atoms with E-state index in [1.807, 2.05) is 41.8 Å². The van der Waals surface area contributed by atoms with Crippen LogP contribution in [0.15, 0.2) is 69.6 Å². The van der Waals surface area contributed by atoms with Crippen molar-refractivity contribution in [3.05, 3.63) is 80.5 Å². The molecule has 2 heterocycles. The molecule has 0 radical (unpaired) electrons. The smallest absolute Gasteiger partial charge is 0.281 e. The van der Waals surface area contributed by atoms with E-state index in [2.05, 4.69) is 21.0 Å². The second-order valence-electron chi connectivity index (χ2n) is 6.85. The molecule has 1 amide bonds. The summed E-state index contributed by atoms with van der Waals surface area (Å²) in [5.74, 6) is 0.529. The Morgan fingerprint density at radius 3 is 2.81 bits per heavy atom. The second kappa shape index (κ2) is 9.45. The molecule has 3 aromatic rings.